The van der Waals surface area contributed by atoms with Crippen molar-refractivity contribution in [2.75, 3.05) is 0 Å². The minimum absolute atomic E-state index is 0.0378. The molecule has 3 nitrogen and oxygen atoms in total. The Balaban J connectivity index is 2.27. The van der Waals surface area contributed by atoms with Crippen molar-refractivity contribution in [2.24, 2.45) is 10.8 Å². The first-order valence-electron chi connectivity index (χ1n) is 5.73. The summed E-state index contributed by atoms with van der Waals surface area (Å²) in [4.78, 5) is 4.20. The van der Waals surface area contributed by atoms with Crippen LogP contribution in [-0.4, -0.2) is 5.84 Å². The fourth-order valence-corrected chi connectivity index (χ4v) is 1.65. The standard InChI is InChI=1S/C14H13F2N3/c15-12-7-4-8-13(16)11(12)9-14(19-17)18-10-5-2-1-3-6-10/h1-8H,9,17H2,(H,18,19). The zero-order chi connectivity index (χ0) is 13.7. The second-order valence-corrected chi connectivity index (χ2v) is 3.92. The van der Waals surface area contributed by atoms with Gasteiger partial charge in [-0.25, -0.2) is 19.6 Å². The van der Waals surface area contributed by atoms with Gasteiger partial charge in [0.25, 0.3) is 0 Å². The molecule has 0 radical (unpaired) electrons. The van der Waals surface area contributed by atoms with E-state index in [0.717, 1.165) is 0 Å². The molecule has 3 N–H and O–H groups in total. The van der Waals surface area contributed by atoms with Crippen LogP contribution in [0.25, 0.3) is 0 Å². The second kappa shape index (κ2) is 6.06. The summed E-state index contributed by atoms with van der Waals surface area (Å²) in [6, 6.07) is 12.8. The zero-order valence-electron chi connectivity index (χ0n) is 10.1. The minimum atomic E-state index is -0.615. The van der Waals surface area contributed by atoms with E-state index >= 15 is 0 Å². The molecule has 0 spiro atoms. The van der Waals surface area contributed by atoms with E-state index in [2.05, 4.69) is 10.4 Å². The Labute approximate surface area is 109 Å². The molecule has 0 bridgehead atoms. The van der Waals surface area contributed by atoms with E-state index in [0.29, 0.717) is 5.69 Å². The van der Waals surface area contributed by atoms with E-state index in [1.54, 1.807) is 12.1 Å². The molecule has 2 rings (SSSR count). The molecule has 0 unspecified atom stereocenters. The number of aliphatic imine (C=N–C) groups is 1. The molecule has 0 aliphatic rings. The van der Waals surface area contributed by atoms with Crippen molar-refractivity contribution in [3.05, 3.63) is 65.7 Å². The molecule has 0 saturated heterocycles. The molecule has 0 saturated carbocycles. The van der Waals surface area contributed by atoms with Crippen LogP contribution in [0.2, 0.25) is 0 Å². The molecule has 19 heavy (non-hydrogen) atoms. The fraction of sp³-hybridized carbons (Fsp3) is 0.0714. The lowest BCUT2D eigenvalue weighted by atomic mass is 10.1. The molecular formula is C14H13F2N3. The number of rotatable bonds is 3. The van der Waals surface area contributed by atoms with Crippen LogP contribution < -0.4 is 11.3 Å². The van der Waals surface area contributed by atoms with Gasteiger partial charge in [0.1, 0.15) is 17.5 Å². The Hall–Kier alpha value is -2.27. The van der Waals surface area contributed by atoms with Crippen LogP contribution in [0.3, 0.4) is 0 Å². The molecule has 0 atom stereocenters. The summed E-state index contributed by atoms with van der Waals surface area (Å²) >= 11 is 0. The van der Waals surface area contributed by atoms with E-state index in [1.807, 2.05) is 18.2 Å². The minimum Gasteiger partial charge on any atom is -0.312 e. The lowest BCUT2D eigenvalue weighted by Gasteiger charge is -2.08. The maximum atomic E-state index is 13.5. The van der Waals surface area contributed by atoms with Crippen molar-refractivity contribution in [1.82, 2.24) is 5.43 Å². The second-order valence-electron chi connectivity index (χ2n) is 3.92. The Morgan fingerprint density at radius 3 is 2.21 bits per heavy atom. The van der Waals surface area contributed by atoms with E-state index < -0.39 is 11.6 Å². The number of benzene rings is 2. The van der Waals surface area contributed by atoms with Gasteiger partial charge in [-0.05, 0) is 24.3 Å². The molecular weight excluding hydrogens is 248 g/mol. The maximum absolute atomic E-state index is 13.5. The van der Waals surface area contributed by atoms with Gasteiger partial charge >= 0.3 is 0 Å². The molecule has 0 heterocycles. The molecule has 5 heteroatoms. The number of para-hydroxylation sites is 1. The van der Waals surface area contributed by atoms with Gasteiger partial charge in [-0.2, -0.15) is 0 Å². The number of hydrogen-bond donors (Lipinski definition) is 2. The monoisotopic (exact) mass is 261 g/mol. The maximum Gasteiger partial charge on any atom is 0.129 e. The van der Waals surface area contributed by atoms with Gasteiger partial charge < -0.3 is 5.43 Å². The number of nitrogens with zero attached hydrogens (tertiary/aromatic N) is 1. The van der Waals surface area contributed by atoms with Crippen molar-refractivity contribution in [1.29, 1.82) is 0 Å². The summed E-state index contributed by atoms with van der Waals surface area (Å²) in [7, 11) is 0. The number of nitrogens with one attached hydrogen (secondary N) is 1. The largest absolute Gasteiger partial charge is 0.312 e. The van der Waals surface area contributed by atoms with Gasteiger partial charge in [0.2, 0.25) is 0 Å². The molecule has 98 valence electrons. The van der Waals surface area contributed by atoms with Gasteiger partial charge in [0, 0.05) is 12.0 Å². The Bertz CT molecular complexity index is 562. The van der Waals surface area contributed by atoms with Gasteiger partial charge in [0.15, 0.2) is 0 Å². The molecule has 0 aromatic heterocycles. The van der Waals surface area contributed by atoms with Crippen molar-refractivity contribution >= 4 is 11.5 Å². The highest BCUT2D eigenvalue weighted by Crippen LogP contribution is 2.15. The van der Waals surface area contributed by atoms with Crippen molar-refractivity contribution in [2.45, 2.75) is 6.42 Å². The number of hydrazine groups is 1. The third-order valence-electron chi connectivity index (χ3n) is 2.59. The fourth-order valence-electron chi connectivity index (χ4n) is 1.65. The smallest absolute Gasteiger partial charge is 0.129 e. The van der Waals surface area contributed by atoms with Crippen molar-refractivity contribution in [3.8, 4) is 0 Å². The third kappa shape index (κ3) is 3.35. The molecule has 0 amide bonds. The van der Waals surface area contributed by atoms with E-state index in [9.17, 15) is 8.78 Å². The van der Waals surface area contributed by atoms with Crippen LogP contribution in [-0.2, 0) is 6.42 Å². The average Bonchev–Trinajstić information content (AvgIpc) is 2.43. The van der Waals surface area contributed by atoms with Crippen molar-refractivity contribution < 1.29 is 8.78 Å². The average molecular weight is 261 g/mol. The van der Waals surface area contributed by atoms with E-state index in [-0.39, 0.29) is 17.8 Å². The first-order valence-corrected chi connectivity index (χ1v) is 5.73. The predicted octanol–water partition coefficient (Wildman–Crippen LogP) is 2.70. The molecule has 0 fully saturated rings. The quantitative estimate of drug-likeness (QED) is 0.386. The summed E-state index contributed by atoms with van der Waals surface area (Å²) in [5.41, 5.74) is 2.97. The normalized spacial score (nSPS) is 11.4. The highest BCUT2D eigenvalue weighted by molar-refractivity contribution is 5.86. The summed E-state index contributed by atoms with van der Waals surface area (Å²) in [6.07, 6.45) is -0.0378. The summed E-state index contributed by atoms with van der Waals surface area (Å²) in [6.45, 7) is 0. The van der Waals surface area contributed by atoms with Crippen LogP contribution in [0.1, 0.15) is 5.56 Å². The van der Waals surface area contributed by atoms with E-state index in [1.165, 1.54) is 18.2 Å². The van der Waals surface area contributed by atoms with Crippen LogP contribution in [0.15, 0.2) is 53.5 Å². The lowest BCUT2D eigenvalue weighted by Crippen LogP contribution is -2.32. The van der Waals surface area contributed by atoms with Crippen LogP contribution in [0.5, 0.6) is 0 Å². The summed E-state index contributed by atoms with van der Waals surface area (Å²) < 4.78 is 27.0. The Morgan fingerprint density at radius 2 is 1.63 bits per heavy atom. The third-order valence-corrected chi connectivity index (χ3v) is 2.59. The molecule has 0 aliphatic carbocycles. The van der Waals surface area contributed by atoms with Crippen LogP contribution in [0, 0.1) is 11.6 Å². The lowest BCUT2D eigenvalue weighted by molar-refractivity contribution is 0.563. The topological polar surface area (TPSA) is 50.4 Å². The zero-order valence-corrected chi connectivity index (χ0v) is 10.1. The first kappa shape index (κ1) is 13.2. The van der Waals surface area contributed by atoms with Gasteiger partial charge in [-0.15, -0.1) is 0 Å². The molecule has 2 aromatic carbocycles. The molecule has 2 aromatic rings. The Morgan fingerprint density at radius 1 is 1.00 bits per heavy atom. The van der Waals surface area contributed by atoms with Crippen LogP contribution in [0.4, 0.5) is 14.5 Å². The van der Waals surface area contributed by atoms with E-state index in [4.69, 9.17) is 5.84 Å². The van der Waals surface area contributed by atoms with Crippen molar-refractivity contribution in [3.63, 3.8) is 0 Å². The Kier molecular flexibility index (Phi) is 4.20. The summed E-state index contributed by atoms with van der Waals surface area (Å²) in [5, 5.41) is 0. The SMILES string of the molecule is NNC(Cc1c(F)cccc1F)=Nc1ccccc1. The first-order chi connectivity index (χ1) is 9.20. The highest BCUT2D eigenvalue weighted by atomic mass is 19.1. The van der Waals surface area contributed by atoms with Gasteiger partial charge in [0.05, 0.1) is 5.69 Å². The number of hydrogen-bond acceptors (Lipinski definition) is 2. The molecule has 0 aliphatic heterocycles. The number of nitrogens with two attached hydrogens (primary N) is 1. The summed E-state index contributed by atoms with van der Waals surface area (Å²) in [5.74, 6) is 4.40. The highest BCUT2D eigenvalue weighted by Gasteiger charge is 2.11. The number of amidine groups is 1. The predicted molar refractivity (Wildman–Crippen MR) is 70.9 cm³/mol. The van der Waals surface area contributed by atoms with Gasteiger partial charge in [-0.3, -0.25) is 0 Å². The van der Waals surface area contributed by atoms with Crippen LogP contribution >= 0.6 is 0 Å². The van der Waals surface area contributed by atoms with Gasteiger partial charge in [-0.1, -0.05) is 24.3 Å². The number of halogens is 2.